The number of hydrogen-bond donors (Lipinski definition) is 1. The lowest BCUT2D eigenvalue weighted by Gasteiger charge is -2.25. The third-order valence-electron chi connectivity index (χ3n) is 3.54. The Morgan fingerprint density at radius 1 is 1.09 bits per heavy atom. The fourth-order valence-electron chi connectivity index (χ4n) is 2.29. The fourth-order valence-corrected chi connectivity index (χ4v) is 2.29. The molecule has 1 N–H and O–H groups in total. The van der Waals surface area contributed by atoms with Gasteiger partial charge < -0.3 is 10.0 Å². The van der Waals surface area contributed by atoms with E-state index in [1.54, 1.807) is 23.1 Å². The number of aromatic hydroxyl groups is 1. The molecule has 0 radical (unpaired) electrons. The smallest absolute Gasteiger partial charge is 0.254 e. The molecule has 3 heteroatoms. The zero-order chi connectivity index (χ0) is 16.1. The van der Waals surface area contributed by atoms with E-state index in [0.717, 1.165) is 11.1 Å². The maximum absolute atomic E-state index is 12.5. The van der Waals surface area contributed by atoms with Crippen LogP contribution in [0.15, 0.2) is 61.2 Å². The molecule has 2 aromatic carbocycles. The van der Waals surface area contributed by atoms with Crippen molar-refractivity contribution in [2.45, 2.75) is 19.9 Å². The van der Waals surface area contributed by atoms with Crippen molar-refractivity contribution in [1.29, 1.82) is 0 Å². The van der Waals surface area contributed by atoms with Gasteiger partial charge in [0.2, 0.25) is 0 Å². The highest BCUT2D eigenvalue weighted by molar-refractivity contribution is 5.95. The topological polar surface area (TPSA) is 40.5 Å². The molecule has 0 aliphatic heterocycles. The minimum atomic E-state index is 0.00663. The van der Waals surface area contributed by atoms with E-state index in [1.165, 1.54) is 0 Å². The van der Waals surface area contributed by atoms with Crippen molar-refractivity contribution in [2.24, 2.45) is 0 Å². The second kappa shape index (κ2) is 6.94. The summed E-state index contributed by atoms with van der Waals surface area (Å²) in [6, 6.07) is 14.7. The number of carbonyl (C=O) groups is 1. The number of amides is 1. The van der Waals surface area contributed by atoms with Gasteiger partial charge in [0.05, 0.1) is 0 Å². The second-order valence-electron chi connectivity index (χ2n) is 5.46. The fraction of sp³-hybridized carbons (Fsp3) is 0.211. The van der Waals surface area contributed by atoms with E-state index in [2.05, 4.69) is 6.58 Å². The molecule has 0 bridgehead atoms. The Morgan fingerprint density at radius 2 is 1.59 bits per heavy atom. The Balaban J connectivity index is 2.22. The van der Waals surface area contributed by atoms with E-state index in [1.807, 2.05) is 50.2 Å². The number of benzene rings is 2. The molecule has 0 aliphatic carbocycles. The van der Waals surface area contributed by atoms with Gasteiger partial charge in [-0.1, -0.05) is 30.3 Å². The third-order valence-corrected chi connectivity index (χ3v) is 3.54. The molecular weight excluding hydrogens is 274 g/mol. The lowest BCUT2D eigenvalue weighted by molar-refractivity contribution is 0.0729. The van der Waals surface area contributed by atoms with Gasteiger partial charge >= 0.3 is 0 Å². The van der Waals surface area contributed by atoms with Crippen LogP contribution in [0.25, 0.3) is 11.1 Å². The van der Waals surface area contributed by atoms with E-state index < -0.39 is 0 Å². The summed E-state index contributed by atoms with van der Waals surface area (Å²) in [4.78, 5) is 14.3. The molecule has 0 unspecified atom stereocenters. The molecule has 0 saturated carbocycles. The molecule has 0 fully saturated rings. The van der Waals surface area contributed by atoms with Gasteiger partial charge in [-0.3, -0.25) is 4.79 Å². The van der Waals surface area contributed by atoms with Gasteiger partial charge in [-0.15, -0.1) is 6.58 Å². The zero-order valence-electron chi connectivity index (χ0n) is 13.0. The van der Waals surface area contributed by atoms with Crippen molar-refractivity contribution >= 4 is 5.91 Å². The predicted octanol–water partition coefficient (Wildman–Crippen LogP) is 4.10. The lowest BCUT2D eigenvalue weighted by Crippen LogP contribution is -2.36. The number of phenolic OH excluding ortho intramolecular Hbond substituents is 1. The van der Waals surface area contributed by atoms with Gasteiger partial charge in [0.15, 0.2) is 0 Å². The van der Waals surface area contributed by atoms with Crippen LogP contribution in [0.1, 0.15) is 24.2 Å². The van der Waals surface area contributed by atoms with Crippen LogP contribution >= 0.6 is 0 Å². The van der Waals surface area contributed by atoms with Crippen LogP contribution in [0.5, 0.6) is 5.75 Å². The monoisotopic (exact) mass is 295 g/mol. The summed E-state index contributed by atoms with van der Waals surface area (Å²) < 4.78 is 0. The van der Waals surface area contributed by atoms with E-state index in [4.69, 9.17) is 0 Å². The van der Waals surface area contributed by atoms with Crippen LogP contribution < -0.4 is 0 Å². The number of hydrogen-bond acceptors (Lipinski definition) is 2. The number of carbonyl (C=O) groups excluding carboxylic acids is 1. The van der Waals surface area contributed by atoms with Crippen molar-refractivity contribution in [1.82, 2.24) is 4.90 Å². The number of rotatable bonds is 5. The molecule has 0 atom stereocenters. The van der Waals surface area contributed by atoms with Crippen LogP contribution in [-0.4, -0.2) is 28.5 Å². The van der Waals surface area contributed by atoms with Crippen molar-refractivity contribution in [2.75, 3.05) is 6.54 Å². The Labute approximate surface area is 131 Å². The molecule has 0 aliphatic rings. The summed E-state index contributed by atoms with van der Waals surface area (Å²) in [7, 11) is 0. The van der Waals surface area contributed by atoms with Crippen molar-refractivity contribution < 1.29 is 9.90 Å². The standard InChI is InChI=1S/C19H21NO2/c1-4-13-20(14(2)3)19(22)17-7-5-15(6-8-17)16-9-11-18(21)12-10-16/h4-12,14,21H,1,13H2,2-3H3. The second-order valence-corrected chi connectivity index (χ2v) is 5.46. The van der Waals surface area contributed by atoms with Gasteiger partial charge in [0.25, 0.3) is 5.91 Å². The van der Waals surface area contributed by atoms with Crippen molar-refractivity contribution in [3.63, 3.8) is 0 Å². The lowest BCUT2D eigenvalue weighted by atomic mass is 10.0. The van der Waals surface area contributed by atoms with Gasteiger partial charge in [-0.25, -0.2) is 0 Å². The average molecular weight is 295 g/mol. The quantitative estimate of drug-likeness (QED) is 0.844. The average Bonchev–Trinajstić information content (AvgIpc) is 2.52. The Kier molecular flexibility index (Phi) is 4.99. The SMILES string of the molecule is C=CCN(C(=O)c1ccc(-c2ccc(O)cc2)cc1)C(C)C. The Morgan fingerprint density at radius 3 is 2.05 bits per heavy atom. The summed E-state index contributed by atoms with van der Waals surface area (Å²) in [5.41, 5.74) is 2.68. The van der Waals surface area contributed by atoms with Crippen LogP contribution in [0.3, 0.4) is 0 Å². The van der Waals surface area contributed by atoms with E-state index >= 15 is 0 Å². The van der Waals surface area contributed by atoms with Crippen LogP contribution in [0.4, 0.5) is 0 Å². The molecule has 2 aromatic rings. The highest BCUT2D eigenvalue weighted by Crippen LogP contribution is 2.22. The summed E-state index contributed by atoms with van der Waals surface area (Å²) in [6.45, 7) is 8.23. The molecule has 0 aromatic heterocycles. The molecule has 2 rings (SSSR count). The van der Waals surface area contributed by atoms with E-state index in [9.17, 15) is 9.90 Å². The minimum absolute atomic E-state index is 0.00663. The van der Waals surface area contributed by atoms with Crippen LogP contribution in [0, 0.1) is 0 Å². The van der Waals surface area contributed by atoms with Crippen LogP contribution in [0.2, 0.25) is 0 Å². The predicted molar refractivity (Wildman–Crippen MR) is 89.9 cm³/mol. The first-order valence-corrected chi connectivity index (χ1v) is 7.34. The summed E-state index contributed by atoms with van der Waals surface area (Å²) in [6.07, 6.45) is 1.74. The molecule has 0 spiro atoms. The maximum atomic E-state index is 12.5. The van der Waals surface area contributed by atoms with E-state index in [-0.39, 0.29) is 17.7 Å². The number of nitrogens with zero attached hydrogens (tertiary/aromatic N) is 1. The molecule has 0 heterocycles. The molecule has 1 amide bonds. The number of phenols is 1. The normalized spacial score (nSPS) is 10.5. The molecule has 22 heavy (non-hydrogen) atoms. The van der Waals surface area contributed by atoms with Gasteiger partial charge in [0, 0.05) is 18.2 Å². The molecule has 114 valence electrons. The highest BCUT2D eigenvalue weighted by atomic mass is 16.3. The maximum Gasteiger partial charge on any atom is 0.254 e. The first-order valence-electron chi connectivity index (χ1n) is 7.34. The third kappa shape index (κ3) is 3.55. The Hall–Kier alpha value is -2.55. The molecular formula is C19H21NO2. The van der Waals surface area contributed by atoms with E-state index in [0.29, 0.717) is 12.1 Å². The van der Waals surface area contributed by atoms with Gasteiger partial charge in [-0.05, 0) is 49.2 Å². The summed E-state index contributed by atoms with van der Waals surface area (Å²) in [5, 5.41) is 9.33. The summed E-state index contributed by atoms with van der Waals surface area (Å²) >= 11 is 0. The minimum Gasteiger partial charge on any atom is -0.508 e. The Bertz CT molecular complexity index is 642. The molecule has 0 saturated heterocycles. The van der Waals surface area contributed by atoms with Crippen LogP contribution in [-0.2, 0) is 0 Å². The van der Waals surface area contributed by atoms with Gasteiger partial charge in [0.1, 0.15) is 5.75 Å². The first-order chi connectivity index (χ1) is 10.5. The largest absolute Gasteiger partial charge is 0.508 e. The summed E-state index contributed by atoms with van der Waals surface area (Å²) in [5.74, 6) is 0.250. The van der Waals surface area contributed by atoms with Crippen molar-refractivity contribution in [3.05, 3.63) is 66.7 Å². The van der Waals surface area contributed by atoms with Gasteiger partial charge in [-0.2, -0.15) is 0 Å². The highest BCUT2D eigenvalue weighted by Gasteiger charge is 2.17. The zero-order valence-corrected chi connectivity index (χ0v) is 13.0. The molecule has 3 nitrogen and oxygen atoms in total. The van der Waals surface area contributed by atoms with Crippen molar-refractivity contribution in [3.8, 4) is 16.9 Å². The first kappa shape index (κ1) is 15.8.